The van der Waals surface area contributed by atoms with E-state index in [1.165, 1.54) is 0 Å². The van der Waals surface area contributed by atoms with Crippen LogP contribution in [0.3, 0.4) is 0 Å². The number of carbonyl (C=O) groups is 4. The number of amides is 4. The molecule has 3 N–H and O–H groups in total. The van der Waals surface area contributed by atoms with Crippen molar-refractivity contribution in [3.8, 4) is 22.4 Å². The van der Waals surface area contributed by atoms with Crippen LogP contribution in [0.1, 0.15) is 90.4 Å². The quantitative estimate of drug-likeness (QED) is 0.159. The fraction of sp³-hybridized carbons (Fsp3) is 0.400. The number of fused-ring (bicyclic) bond motifs is 2. The van der Waals surface area contributed by atoms with E-state index >= 15 is 0 Å². The van der Waals surface area contributed by atoms with Gasteiger partial charge in [0.2, 0.25) is 11.8 Å². The number of hydrogen-bond donors (Lipinski definition) is 3. The Balaban J connectivity index is 1.13. The summed E-state index contributed by atoms with van der Waals surface area (Å²) in [6.07, 6.45) is 1.51. The number of anilines is 2. The predicted molar refractivity (Wildman–Crippen MR) is 203 cm³/mol. The van der Waals surface area contributed by atoms with E-state index in [0.717, 1.165) is 44.9 Å². The van der Waals surface area contributed by atoms with E-state index in [4.69, 9.17) is 9.47 Å². The van der Waals surface area contributed by atoms with Gasteiger partial charge in [-0.05, 0) is 135 Å². The molecule has 2 aliphatic rings. The zero-order valence-corrected chi connectivity index (χ0v) is 31.3. The lowest BCUT2D eigenvalue weighted by Crippen LogP contribution is -2.47. The Morgan fingerprint density at radius 1 is 0.827 bits per heavy atom. The summed E-state index contributed by atoms with van der Waals surface area (Å²) in [5.74, 6) is -0.151. The highest BCUT2D eigenvalue weighted by Gasteiger charge is 2.36. The lowest BCUT2D eigenvalue weighted by Gasteiger charge is -2.40. The van der Waals surface area contributed by atoms with Crippen molar-refractivity contribution >= 4 is 46.7 Å². The van der Waals surface area contributed by atoms with Crippen molar-refractivity contribution < 1.29 is 28.7 Å². The summed E-state index contributed by atoms with van der Waals surface area (Å²) in [6, 6.07) is 16.8. The highest BCUT2D eigenvalue weighted by atomic mass is 32.1. The Bertz CT molecular complexity index is 1910. The van der Waals surface area contributed by atoms with Crippen molar-refractivity contribution in [3.05, 3.63) is 82.7 Å². The molecule has 4 heterocycles. The third-order valence-electron chi connectivity index (χ3n) is 9.73. The Kier molecular flexibility index (Phi) is 11.0. The molecular formula is C40H47N5O6S. The van der Waals surface area contributed by atoms with E-state index < -0.39 is 18.3 Å². The molecule has 0 saturated heterocycles. The molecule has 4 aromatic rings. The van der Waals surface area contributed by atoms with Gasteiger partial charge in [-0.3, -0.25) is 9.59 Å². The number of thiophene rings is 1. The van der Waals surface area contributed by atoms with E-state index in [1.807, 2.05) is 80.0 Å². The number of rotatable bonds is 9. The molecule has 0 aliphatic carbocycles. The fourth-order valence-corrected chi connectivity index (χ4v) is 8.07. The molecule has 2 aliphatic heterocycles. The summed E-state index contributed by atoms with van der Waals surface area (Å²) in [7, 11) is 0. The number of aromatic nitrogens is 1. The summed E-state index contributed by atoms with van der Waals surface area (Å²) < 4.78 is 11.2. The second-order valence-corrected chi connectivity index (χ2v) is 14.8. The van der Waals surface area contributed by atoms with E-state index in [9.17, 15) is 19.2 Å². The third-order valence-corrected chi connectivity index (χ3v) is 10.4. The van der Waals surface area contributed by atoms with Gasteiger partial charge >= 0.3 is 12.2 Å². The van der Waals surface area contributed by atoms with Gasteiger partial charge in [0.1, 0.15) is 6.10 Å². The van der Waals surface area contributed by atoms with Crippen LogP contribution in [0.2, 0.25) is 0 Å². The van der Waals surface area contributed by atoms with Gasteiger partial charge < -0.3 is 34.9 Å². The highest BCUT2D eigenvalue weighted by molar-refractivity contribution is 7.08. The number of nitrogens with one attached hydrogen (secondary N) is 3. The molecule has 0 radical (unpaired) electrons. The number of nitrogens with zero attached hydrogens (tertiary/aromatic N) is 2. The van der Waals surface area contributed by atoms with Gasteiger partial charge in [-0.1, -0.05) is 12.1 Å². The predicted octanol–water partition coefficient (Wildman–Crippen LogP) is 8.49. The van der Waals surface area contributed by atoms with Crippen LogP contribution < -0.4 is 20.4 Å². The first-order chi connectivity index (χ1) is 24.9. The first-order valence-electron chi connectivity index (χ1n) is 17.9. The molecule has 12 heteroatoms. The Morgan fingerprint density at radius 2 is 1.44 bits per heavy atom. The number of H-pyrrole nitrogens is 1. The van der Waals surface area contributed by atoms with Crippen molar-refractivity contribution in [1.29, 1.82) is 0 Å². The molecule has 274 valence electrons. The summed E-state index contributed by atoms with van der Waals surface area (Å²) in [5.41, 5.74) is 7.15. The maximum atomic E-state index is 13.9. The van der Waals surface area contributed by atoms with Crippen molar-refractivity contribution in [2.45, 2.75) is 104 Å². The minimum atomic E-state index is -0.579. The van der Waals surface area contributed by atoms with E-state index in [1.54, 1.807) is 48.8 Å². The van der Waals surface area contributed by atoms with E-state index in [-0.39, 0.29) is 48.5 Å². The summed E-state index contributed by atoms with van der Waals surface area (Å²) in [6.45, 7) is 10.9. The Hall–Kier alpha value is -5.10. The van der Waals surface area contributed by atoms with Gasteiger partial charge in [0.25, 0.3) is 0 Å². The molecule has 4 amide bonds. The standard InChI is InChI=1S/C40H47N5O6S/c1-23(2)50-39(48)42-35-19-25(4)45(37-12-10-28(20-31(35)37)30-15-17-52-22-30)38(47)14-9-26(5)51-40(49)43-34-18-24(3)44(27(6)46)36-13-11-29(21-32(34)36)33-8-7-16-41-33/h7-8,10-13,15-17,20-26,34-35,41H,9,14,18-19H2,1-6H3,(H,42,48)(H,43,49)/t24-,25-,26?,34+,35+/m0/s1. The fourth-order valence-electron chi connectivity index (χ4n) is 7.40. The minimum absolute atomic E-state index is 0.0605. The molecular weight excluding hydrogens is 679 g/mol. The smallest absolute Gasteiger partial charge is 0.407 e. The van der Waals surface area contributed by atoms with Gasteiger partial charge in [-0.15, -0.1) is 0 Å². The molecule has 52 heavy (non-hydrogen) atoms. The highest BCUT2D eigenvalue weighted by Crippen LogP contribution is 2.41. The summed E-state index contributed by atoms with van der Waals surface area (Å²) in [5, 5.41) is 10.1. The van der Waals surface area contributed by atoms with E-state index in [2.05, 4.69) is 21.0 Å². The molecule has 6 rings (SSSR count). The first-order valence-corrected chi connectivity index (χ1v) is 18.8. The van der Waals surface area contributed by atoms with Crippen molar-refractivity contribution in [2.75, 3.05) is 9.80 Å². The second kappa shape index (κ2) is 15.6. The topological polar surface area (TPSA) is 133 Å². The molecule has 5 atom stereocenters. The number of carbonyl (C=O) groups excluding carboxylic acids is 4. The van der Waals surface area contributed by atoms with Crippen molar-refractivity contribution in [3.63, 3.8) is 0 Å². The van der Waals surface area contributed by atoms with Gasteiger partial charge in [0, 0.05) is 48.7 Å². The average Bonchev–Trinajstić information content (AvgIpc) is 3.82. The number of benzene rings is 2. The molecule has 1 unspecified atom stereocenters. The van der Waals surface area contributed by atoms with Crippen LogP contribution in [0, 0.1) is 0 Å². The SMILES string of the molecule is CC(=O)N1c2ccc(-c3ccc[nH]3)cc2[C@H](NC(=O)OC(C)CCC(=O)N2c3ccc(-c4ccsc4)cc3[C@H](NC(=O)OC(C)C)C[C@@H]2C)C[C@@H]1C. The van der Waals surface area contributed by atoms with Crippen LogP contribution in [0.15, 0.2) is 71.6 Å². The monoisotopic (exact) mass is 725 g/mol. The first kappa shape index (κ1) is 36.7. The molecule has 2 aromatic heterocycles. The molecule has 11 nitrogen and oxygen atoms in total. The summed E-state index contributed by atoms with van der Waals surface area (Å²) >= 11 is 1.61. The van der Waals surface area contributed by atoms with Gasteiger partial charge in [0.05, 0.1) is 18.2 Å². The van der Waals surface area contributed by atoms with Gasteiger partial charge in [-0.2, -0.15) is 11.3 Å². The average molecular weight is 726 g/mol. The lowest BCUT2D eigenvalue weighted by atomic mass is 9.89. The zero-order chi connectivity index (χ0) is 37.1. The Labute approximate surface area is 308 Å². The number of alkyl carbamates (subject to hydrolysis) is 2. The van der Waals surface area contributed by atoms with Crippen LogP contribution in [-0.4, -0.2) is 53.3 Å². The molecule has 0 saturated carbocycles. The van der Waals surface area contributed by atoms with Crippen LogP contribution in [-0.2, 0) is 19.1 Å². The van der Waals surface area contributed by atoms with Gasteiger partial charge in [0.15, 0.2) is 0 Å². The number of hydrogen-bond acceptors (Lipinski definition) is 7. The molecule has 2 aromatic carbocycles. The van der Waals surface area contributed by atoms with Crippen LogP contribution in [0.5, 0.6) is 0 Å². The van der Waals surface area contributed by atoms with Crippen molar-refractivity contribution in [1.82, 2.24) is 15.6 Å². The van der Waals surface area contributed by atoms with Crippen LogP contribution in [0.25, 0.3) is 22.4 Å². The molecule has 0 fully saturated rings. The number of aromatic amines is 1. The molecule has 0 bridgehead atoms. The third kappa shape index (κ3) is 8.02. The lowest BCUT2D eigenvalue weighted by molar-refractivity contribution is -0.120. The molecule has 0 spiro atoms. The van der Waals surface area contributed by atoms with Crippen molar-refractivity contribution in [2.24, 2.45) is 0 Å². The van der Waals surface area contributed by atoms with E-state index in [0.29, 0.717) is 19.3 Å². The normalized spacial score (nSPS) is 20.1. The summed E-state index contributed by atoms with van der Waals surface area (Å²) in [4.78, 5) is 59.2. The second-order valence-electron chi connectivity index (χ2n) is 14.1. The Morgan fingerprint density at radius 3 is 2.04 bits per heavy atom. The maximum Gasteiger partial charge on any atom is 0.407 e. The number of ether oxygens (including phenoxy) is 2. The largest absolute Gasteiger partial charge is 0.447 e. The maximum absolute atomic E-state index is 13.9. The minimum Gasteiger partial charge on any atom is -0.447 e. The zero-order valence-electron chi connectivity index (χ0n) is 30.5. The van der Waals surface area contributed by atoms with Crippen LogP contribution >= 0.6 is 11.3 Å². The van der Waals surface area contributed by atoms with Crippen LogP contribution in [0.4, 0.5) is 21.0 Å². The van der Waals surface area contributed by atoms with Gasteiger partial charge in [-0.25, -0.2) is 9.59 Å².